The summed E-state index contributed by atoms with van der Waals surface area (Å²) in [7, 11) is 0. The summed E-state index contributed by atoms with van der Waals surface area (Å²) < 4.78 is 0. The number of hydrogen-bond acceptors (Lipinski definition) is 3. The molecule has 1 saturated carbocycles. The molecule has 1 fully saturated rings. The topological polar surface area (TPSA) is 83.8 Å². The molecule has 1 heterocycles. The third kappa shape index (κ3) is 2.41. The molecule has 0 aliphatic heterocycles. The summed E-state index contributed by atoms with van der Waals surface area (Å²) in [6.07, 6.45) is 7.33. The van der Waals surface area contributed by atoms with Gasteiger partial charge in [0.05, 0.1) is 6.54 Å². The highest BCUT2D eigenvalue weighted by atomic mass is 16.1. The van der Waals surface area contributed by atoms with Crippen LogP contribution in [0.3, 0.4) is 0 Å². The maximum atomic E-state index is 11.7. The molecule has 0 atom stereocenters. The molecule has 1 aliphatic rings. The Hall–Kier alpha value is -1.36. The van der Waals surface area contributed by atoms with Gasteiger partial charge in [-0.2, -0.15) is 0 Å². The van der Waals surface area contributed by atoms with Gasteiger partial charge in [-0.25, -0.2) is 4.98 Å². The van der Waals surface area contributed by atoms with E-state index in [1.165, 1.54) is 6.42 Å². The highest BCUT2D eigenvalue weighted by Gasteiger charge is 2.37. The molecule has 5 heteroatoms. The number of nitrogens with two attached hydrogens (primary N) is 1. The van der Waals surface area contributed by atoms with Crippen LogP contribution in [-0.2, 0) is 11.3 Å². The van der Waals surface area contributed by atoms with E-state index in [9.17, 15) is 4.79 Å². The molecule has 0 bridgehead atoms. The summed E-state index contributed by atoms with van der Waals surface area (Å²) in [5.41, 5.74) is 5.79. The van der Waals surface area contributed by atoms with Crippen LogP contribution in [0, 0.1) is 5.41 Å². The molecule has 16 heavy (non-hydrogen) atoms. The number of nitrogens with one attached hydrogen (secondary N) is 2. The first kappa shape index (κ1) is 11.1. The Kier molecular flexibility index (Phi) is 3.24. The summed E-state index contributed by atoms with van der Waals surface area (Å²) in [6.45, 7) is 1.08. The van der Waals surface area contributed by atoms with Gasteiger partial charge >= 0.3 is 0 Å². The molecular formula is C11H18N4O. The number of hydrogen-bond donors (Lipinski definition) is 3. The van der Waals surface area contributed by atoms with Crippen LogP contribution >= 0.6 is 0 Å². The molecule has 1 aromatic heterocycles. The van der Waals surface area contributed by atoms with Crippen LogP contribution in [0.15, 0.2) is 12.4 Å². The largest absolute Gasteiger partial charge is 0.349 e. The Morgan fingerprint density at radius 1 is 1.62 bits per heavy atom. The molecule has 1 amide bonds. The summed E-state index contributed by atoms with van der Waals surface area (Å²) in [5.74, 6) is 0.852. The predicted molar refractivity (Wildman–Crippen MR) is 60.4 cm³/mol. The van der Waals surface area contributed by atoms with E-state index in [2.05, 4.69) is 15.3 Å². The summed E-state index contributed by atoms with van der Waals surface area (Å²) in [5, 5.41) is 2.86. The molecule has 88 valence electrons. The minimum atomic E-state index is 0.0709. The fraction of sp³-hybridized carbons (Fsp3) is 0.636. The minimum absolute atomic E-state index is 0.0709. The normalized spacial score (nSPS) is 17.8. The lowest BCUT2D eigenvalue weighted by Crippen LogP contribution is -2.41. The van der Waals surface area contributed by atoms with E-state index >= 15 is 0 Å². The second-order valence-corrected chi connectivity index (χ2v) is 4.55. The predicted octanol–water partition coefficient (Wildman–Crippen LogP) is 0.545. The monoisotopic (exact) mass is 222 g/mol. The lowest BCUT2D eigenvalue weighted by molar-refractivity contribution is -0.124. The highest BCUT2D eigenvalue weighted by molar-refractivity contribution is 5.76. The molecule has 0 saturated heterocycles. The van der Waals surface area contributed by atoms with Crippen molar-refractivity contribution in [1.29, 1.82) is 0 Å². The van der Waals surface area contributed by atoms with Gasteiger partial charge in [0.15, 0.2) is 0 Å². The number of carbonyl (C=O) groups is 1. The number of aromatic amines is 1. The molecule has 0 unspecified atom stereocenters. The van der Waals surface area contributed by atoms with Gasteiger partial charge < -0.3 is 16.0 Å². The summed E-state index contributed by atoms with van der Waals surface area (Å²) >= 11 is 0. The number of imidazole rings is 1. The van der Waals surface area contributed by atoms with Crippen LogP contribution in [0.2, 0.25) is 0 Å². The first-order chi connectivity index (χ1) is 7.74. The zero-order valence-electron chi connectivity index (χ0n) is 9.33. The van der Waals surface area contributed by atoms with Crippen molar-refractivity contribution in [2.45, 2.75) is 32.2 Å². The van der Waals surface area contributed by atoms with Crippen LogP contribution in [0.5, 0.6) is 0 Å². The van der Waals surface area contributed by atoms with Crippen molar-refractivity contribution in [3.63, 3.8) is 0 Å². The van der Waals surface area contributed by atoms with E-state index in [0.717, 1.165) is 18.7 Å². The molecule has 1 aliphatic carbocycles. The number of amides is 1. The quantitative estimate of drug-likeness (QED) is 0.680. The van der Waals surface area contributed by atoms with Crippen molar-refractivity contribution < 1.29 is 4.79 Å². The Morgan fingerprint density at radius 3 is 2.94 bits per heavy atom. The molecular weight excluding hydrogens is 204 g/mol. The summed E-state index contributed by atoms with van der Waals surface area (Å²) in [6, 6.07) is 0. The Morgan fingerprint density at radius 2 is 2.44 bits per heavy atom. The van der Waals surface area contributed by atoms with Gasteiger partial charge in [-0.05, 0) is 24.8 Å². The standard InChI is InChI=1S/C11H18N4O/c12-8-11(2-1-3-11)6-10(16)15-7-9-13-4-5-14-9/h4-5H,1-3,6-8,12H2,(H,13,14)(H,15,16). The van der Waals surface area contributed by atoms with Gasteiger partial charge in [0.1, 0.15) is 5.82 Å². The van der Waals surface area contributed by atoms with E-state index in [1.54, 1.807) is 12.4 Å². The van der Waals surface area contributed by atoms with Crippen molar-refractivity contribution >= 4 is 5.91 Å². The third-order valence-corrected chi connectivity index (χ3v) is 3.39. The fourth-order valence-electron chi connectivity index (χ4n) is 2.11. The SMILES string of the molecule is NCC1(CC(=O)NCc2ncc[nH]2)CCC1. The Bertz CT molecular complexity index is 337. The Balaban J connectivity index is 1.76. The molecule has 2 rings (SSSR count). The van der Waals surface area contributed by atoms with E-state index in [-0.39, 0.29) is 11.3 Å². The van der Waals surface area contributed by atoms with Gasteiger partial charge in [-0.3, -0.25) is 4.79 Å². The van der Waals surface area contributed by atoms with Gasteiger partial charge in [0.2, 0.25) is 5.91 Å². The number of carbonyl (C=O) groups excluding carboxylic acids is 1. The summed E-state index contributed by atoms with van der Waals surface area (Å²) in [4.78, 5) is 18.7. The number of aromatic nitrogens is 2. The van der Waals surface area contributed by atoms with Crippen LogP contribution in [-0.4, -0.2) is 22.4 Å². The number of rotatable bonds is 5. The lowest BCUT2D eigenvalue weighted by Gasteiger charge is -2.40. The zero-order chi connectivity index (χ0) is 11.4. The van der Waals surface area contributed by atoms with Gasteiger partial charge in [0.25, 0.3) is 0 Å². The van der Waals surface area contributed by atoms with E-state index in [1.807, 2.05) is 0 Å². The molecule has 0 aromatic carbocycles. The van der Waals surface area contributed by atoms with Crippen LogP contribution < -0.4 is 11.1 Å². The van der Waals surface area contributed by atoms with Crippen molar-refractivity contribution in [2.24, 2.45) is 11.1 Å². The van der Waals surface area contributed by atoms with Gasteiger partial charge in [0, 0.05) is 18.8 Å². The van der Waals surface area contributed by atoms with Gasteiger partial charge in [-0.15, -0.1) is 0 Å². The molecule has 1 aromatic rings. The number of nitrogens with zero attached hydrogens (tertiary/aromatic N) is 1. The van der Waals surface area contributed by atoms with Gasteiger partial charge in [-0.1, -0.05) is 6.42 Å². The molecule has 0 spiro atoms. The van der Waals surface area contributed by atoms with Crippen LogP contribution in [0.4, 0.5) is 0 Å². The third-order valence-electron chi connectivity index (χ3n) is 3.39. The van der Waals surface area contributed by atoms with E-state index in [0.29, 0.717) is 19.5 Å². The Labute approximate surface area is 94.8 Å². The number of H-pyrrole nitrogens is 1. The lowest BCUT2D eigenvalue weighted by atomic mass is 9.66. The van der Waals surface area contributed by atoms with Crippen molar-refractivity contribution in [3.05, 3.63) is 18.2 Å². The highest BCUT2D eigenvalue weighted by Crippen LogP contribution is 2.42. The smallest absolute Gasteiger partial charge is 0.220 e. The second-order valence-electron chi connectivity index (χ2n) is 4.55. The molecule has 0 radical (unpaired) electrons. The molecule has 4 N–H and O–H groups in total. The van der Waals surface area contributed by atoms with E-state index in [4.69, 9.17) is 5.73 Å². The fourth-order valence-corrected chi connectivity index (χ4v) is 2.11. The van der Waals surface area contributed by atoms with Crippen LogP contribution in [0.1, 0.15) is 31.5 Å². The zero-order valence-corrected chi connectivity index (χ0v) is 9.33. The first-order valence-corrected chi connectivity index (χ1v) is 5.69. The molecule has 5 nitrogen and oxygen atoms in total. The van der Waals surface area contributed by atoms with E-state index < -0.39 is 0 Å². The van der Waals surface area contributed by atoms with Crippen molar-refractivity contribution in [2.75, 3.05) is 6.54 Å². The minimum Gasteiger partial charge on any atom is -0.349 e. The van der Waals surface area contributed by atoms with Crippen molar-refractivity contribution in [3.8, 4) is 0 Å². The van der Waals surface area contributed by atoms with Crippen LogP contribution in [0.25, 0.3) is 0 Å². The maximum Gasteiger partial charge on any atom is 0.220 e. The van der Waals surface area contributed by atoms with Crippen molar-refractivity contribution in [1.82, 2.24) is 15.3 Å². The second kappa shape index (κ2) is 4.65. The average molecular weight is 222 g/mol. The first-order valence-electron chi connectivity index (χ1n) is 5.69. The maximum absolute atomic E-state index is 11.7. The average Bonchev–Trinajstić information content (AvgIpc) is 2.73.